The molecule has 0 amide bonds. The van der Waals surface area contributed by atoms with E-state index in [4.69, 9.17) is 5.11 Å². The molecule has 0 bridgehead atoms. The van der Waals surface area contributed by atoms with Gasteiger partial charge in [-0.25, -0.2) is 0 Å². The van der Waals surface area contributed by atoms with Gasteiger partial charge in [0, 0.05) is 17.8 Å². The second-order valence-electron chi connectivity index (χ2n) is 5.98. The standard InChI is InChI=1S/C17H21NO2/c1-12(10-17(19)20)14-7-6-13-8-9-18(16(13)11-14)15-4-2-3-5-15/h6-9,11-12,15H,2-5,10H2,1H3,(H,19,20). The van der Waals surface area contributed by atoms with Crippen LogP contribution in [0.25, 0.3) is 10.9 Å². The predicted molar refractivity (Wildman–Crippen MR) is 80.1 cm³/mol. The first kappa shape index (κ1) is 13.2. The third-order valence-electron chi connectivity index (χ3n) is 4.52. The van der Waals surface area contributed by atoms with Crippen LogP contribution in [0.3, 0.4) is 0 Å². The molecule has 0 saturated heterocycles. The quantitative estimate of drug-likeness (QED) is 0.899. The molecule has 1 atom stereocenters. The fraction of sp³-hybridized carbons (Fsp3) is 0.471. The lowest BCUT2D eigenvalue weighted by Crippen LogP contribution is -2.05. The van der Waals surface area contributed by atoms with Gasteiger partial charge < -0.3 is 9.67 Å². The Morgan fingerprint density at radius 3 is 2.80 bits per heavy atom. The number of carbonyl (C=O) groups is 1. The van der Waals surface area contributed by atoms with Crippen LogP contribution >= 0.6 is 0 Å². The van der Waals surface area contributed by atoms with Crippen molar-refractivity contribution in [2.75, 3.05) is 0 Å². The molecule has 2 aromatic rings. The van der Waals surface area contributed by atoms with Crippen LogP contribution in [0.1, 0.15) is 56.6 Å². The molecule has 3 rings (SSSR count). The number of carboxylic acids is 1. The summed E-state index contributed by atoms with van der Waals surface area (Å²) < 4.78 is 2.39. The van der Waals surface area contributed by atoms with Crippen molar-refractivity contribution in [2.24, 2.45) is 0 Å². The zero-order valence-corrected chi connectivity index (χ0v) is 11.9. The topological polar surface area (TPSA) is 42.2 Å². The van der Waals surface area contributed by atoms with Crippen molar-refractivity contribution in [3.05, 3.63) is 36.0 Å². The predicted octanol–water partition coefficient (Wildman–Crippen LogP) is 4.33. The molecule has 1 aliphatic rings. The van der Waals surface area contributed by atoms with Crippen LogP contribution in [-0.2, 0) is 4.79 Å². The molecule has 106 valence electrons. The highest BCUT2D eigenvalue weighted by molar-refractivity contribution is 5.81. The number of hydrogen-bond acceptors (Lipinski definition) is 1. The minimum atomic E-state index is -0.733. The van der Waals surface area contributed by atoms with Gasteiger partial charge in [-0.3, -0.25) is 4.79 Å². The zero-order chi connectivity index (χ0) is 14.1. The van der Waals surface area contributed by atoms with Gasteiger partial charge in [-0.15, -0.1) is 0 Å². The van der Waals surface area contributed by atoms with E-state index >= 15 is 0 Å². The molecule has 1 unspecified atom stereocenters. The van der Waals surface area contributed by atoms with E-state index in [1.54, 1.807) is 0 Å². The number of fused-ring (bicyclic) bond motifs is 1. The molecular weight excluding hydrogens is 250 g/mol. The number of carboxylic acid groups (broad SMARTS) is 1. The van der Waals surface area contributed by atoms with Gasteiger partial charge in [-0.1, -0.05) is 31.9 Å². The van der Waals surface area contributed by atoms with Gasteiger partial charge in [0.25, 0.3) is 0 Å². The van der Waals surface area contributed by atoms with Crippen LogP contribution in [0, 0.1) is 0 Å². The van der Waals surface area contributed by atoms with E-state index in [0.29, 0.717) is 6.04 Å². The van der Waals surface area contributed by atoms with E-state index < -0.39 is 5.97 Å². The average Bonchev–Trinajstić information content (AvgIpc) is 3.05. The molecule has 0 radical (unpaired) electrons. The summed E-state index contributed by atoms with van der Waals surface area (Å²) in [6.45, 7) is 1.98. The molecule has 1 saturated carbocycles. The Balaban J connectivity index is 1.96. The van der Waals surface area contributed by atoms with Gasteiger partial charge in [-0.05, 0) is 41.8 Å². The lowest BCUT2D eigenvalue weighted by molar-refractivity contribution is -0.137. The van der Waals surface area contributed by atoms with Crippen molar-refractivity contribution in [1.29, 1.82) is 0 Å². The summed E-state index contributed by atoms with van der Waals surface area (Å²) in [7, 11) is 0. The van der Waals surface area contributed by atoms with Gasteiger partial charge in [0.05, 0.1) is 6.42 Å². The molecule has 1 aromatic heterocycles. The number of aliphatic carboxylic acids is 1. The van der Waals surface area contributed by atoms with Crippen molar-refractivity contribution < 1.29 is 9.90 Å². The van der Waals surface area contributed by atoms with Crippen molar-refractivity contribution in [2.45, 2.75) is 51.0 Å². The maximum Gasteiger partial charge on any atom is 0.303 e. The first-order valence-corrected chi connectivity index (χ1v) is 7.47. The summed E-state index contributed by atoms with van der Waals surface area (Å²) >= 11 is 0. The fourth-order valence-corrected chi connectivity index (χ4v) is 3.35. The molecular formula is C17H21NO2. The van der Waals surface area contributed by atoms with Gasteiger partial charge >= 0.3 is 5.97 Å². The number of rotatable bonds is 4. The maximum atomic E-state index is 10.9. The van der Waals surface area contributed by atoms with E-state index in [1.807, 2.05) is 6.92 Å². The van der Waals surface area contributed by atoms with Gasteiger partial charge in [-0.2, -0.15) is 0 Å². The van der Waals surface area contributed by atoms with Crippen LogP contribution in [0.15, 0.2) is 30.5 Å². The van der Waals surface area contributed by atoms with Crippen LogP contribution in [0.2, 0.25) is 0 Å². The van der Waals surface area contributed by atoms with Gasteiger partial charge in [0.2, 0.25) is 0 Å². The Labute approximate surface area is 119 Å². The Morgan fingerprint density at radius 1 is 1.35 bits per heavy atom. The third-order valence-corrected chi connectivity index (χ3v) is 4.52. The lowest BCUT2D eigenvalue weighted by Gasteiger charge is -2.15. The smallest absolute Gasteiger partial charge is 0.303 e. The molecule has 3 heteroatoms. The monoisotopic (exact) mass is 271 g/mol. The third kappa shape index (κ3) is 2.45. The Morgan fingerprint density at radius 2 is 2.10 bits per heavy atom. The summed E-state index contributed by atoms with van der Waals surface area (Å²) in [5, 5.41) is 10.2. The highest BCUT2D eigenvalue weighted by Crippen LogP contribution is 2.34. The zero-order valence-electron chi connectivity index (χ0n) is 11.9. The number of aromatic nitrogens is 1. The summed E-state index contributed by atoms with van der Waals surface area (Å²) in [5.74, 6) is -0.674. The first-order chi connectivity index (χ1) is 9.65. The minimum absolute atomic E-state index is 0.0591. The molecule has 0 aliphatic heterocycles. The fourth-order valence-electron chi connectivity index (χ4n) is 3.35. The van der Waals surface area contributed by atoms with E-state index in [0.717, 1.165) is 5.56 Å². The van der Waals surface area contributed by atoms with Gasteiger partial charge in [0.15, 0.2) is 0 Å². The Hall–Kier alpha value is -1.77. The van der Waals surface area contributed by atoms with Crippen LogP contribution in [0.4, 0.5) is 0 Å². The molecule has 1 N–H and O–H groups in total. The molecule has 1 aromatic carbocycles. The van der Waals surface area contributed by atoms with Crippen molar-refractivity contribution in [3.8, 4) is 0 Å². The first-order valence-electron chi connectivity index (χ1n) is 7.47. The average molecular weight is 271 g/mol. The summed E-state index contributed by atoms with van der Waals surface area (Å²) in [4.78, 5) is 10.9. The molecule has 3 nitrogen and oxygen atoms in total. The maximum absolute atomic E-state index is 10.9. The number of nitrogens with zero attached hydrogens (tertiary/aromatic N) is 1. The molecule has 0 spiro atoms. The van der Waals surface area contributed by atoms with Gasteiger partial charge in [0.1, 0.15) is 0 Å². The summed E-state index contributed by atoms with van der Waals surface area (Å²) in [6, 6.07) is 9.15. The van der Waals surface area contributed by atoms with E-state index in [9.17, 15) is 4.79 Å². The van der Waals surface area contributed by atoms with Crippen molar-refractivity contribution >= 4 is 16.9 Å². The molecule has 1 fully saturated rings. The molecule has 1 aliphatic carbocycles. The highest BCUT2D eigenvalue weighted by atomic mass is 16.4. The van der Waals surface area contributed by atoms with E-state index in [1.165, 1.54) is 36.6 Å². The summed E-state index contributed by atoms with van der Waals surface area (Å²) in [5.41, 5.74) is 2.38. The molecule has 1 heterocycles. The highest BCUT2D eigenvalue weighted by Gasteiger charge is 2.19. The van der Waals surface area contributed by atoms with E-state index in [-0.39, 0.29) is 12.3 Å². The van der Waals surface area contributed by atoms with Crippen LogP contribution in [-0.4, -0.2) is 15.6 Å². The van der Waals surface area contributed by atoms with Crippen LogP contribution < -0.4 is 0 Å². The van der Waals surface area contributed by atoms with Crippen molar-refractivity contribution in [3.63, 3.8) is 0 Å². The SMILES string of the molecule is CC(CC(=O)O)c1ccc2ccn(C3CCCC3)c2c1. The van der Waals surface area contributed by atoms with E-state index in [2.05, 4.69) is 35.0 Å². The Kier molecular flexibility index (Phi) is 3.51. The normalized spacial score (nSPS) is 17.6. The Bertz CT molecular complexity index is 623. The minimum Gasteiger partial charge on any atom is -0.481 e. The second-order valence-corrected chi connectivity index (χ2v) is 5.98. The second kappa shape index (κ2) is 5.31. The van der Waals surface area contributed by atoms with Crippen molar-refractivity contribution in [1.82, 2.24) is 4.57 Å². The molecule has 20 heavy (non-hydrogen) atoms. The van der Waals surface area contributed by atoms with Crippen LogP contribution in [0.5, 0.6) is 0 Å². The summed E-state index contributed by atoms with van der Waals surface area (Å²) in [6.07, 6.45) is 7.54. The number of benzene rings is 1. The lowest BCUT2D eigenvalue weighted by atomic mass is 9.97. The number of hydrogen-bond donors (Lipinski definition) is 1. The largest absolute Gasteiger partial charge is 0.481 e.